The fourth-order valence-corrected chi connectivity index (χ4v) is 5.36. The highest BCUT2D eigenvalue weighted by Gasteiger charge is 2.25. The van der Waals surface area contributed by atoms with Crippen molar-refractivity contribution in [3.8, 4) is 6.07 Å². The number of anilines is 1. The second-order valence-electron chi connectivity index (χ2n) is 8.34. The standard InChI is InChI=1S/C26H24FN3O3S/c27-24-11-10-23(16-25(24)29-34(32,33)18-20-4-2-1-3-5-20)26(31)30-14-12-22(13-15-30)21-8-6-19(17-28)7-9-21/h1-11,16,22,29H,12-15,18H2. The monoisotopic (exact) mass is 477 g/mol. The van der Waals surface area contributed by atoms with Crippen molar-refractivity contribution in [2.24, 2.45) is 0 Å². The van der Waals surface area contributed by atoms with E-state index in [1.807, 2.05) is 12.1 Å². The number of sulfonamides is 1. The van der Waals surface area contributed by atoms with E-state index in [-0.39, 0.29) is 22.9 Å². The van der Waals surface area contributed by atoms with Crippen LogP contribution in [0.2, 0.25) is 0 Å². The van der Waals surface area contributed by atoms with Crippen molar-refractivity contribution in [3.05, 3.63) is 101 Å². The molecular formula is C26H24FN3O3S. The average molecular weight is 478 g/mol. The summed E-state index contributed by atoms with van der Waals surface area (Å²) in [5.41, 5.74) is 2.32. The van der Waals surface area contributed by atoms with E-state index < -0.39 is 15.8 Å². The zero-order valence-electron chi connectivity index (χ0n) is 18.4. The maximum absolute atomic E-state index is 14.4. The van der Waals surface area contributed by atoms with E-state index in [1.54, 1.807) is 47.4 Å². The minimum Gasteiger partial charge on any atom is -0.339 e. The van der Waals surface area contributed by atoms with Crippen LogP contribution >= 0.6 is 0 Å². The van der Waals surface area contributed by atoms with Gasteiger partial charge in [0.05, 0.1) is 23.1 Å². The van der Waals surface area contributed by atoms with Crippen LogP contribution in [0.5, 0.6) is 0 Å². The lowest BCUT2D eigenvalue weighted by molar-refractivity contribution is 0.0713. The average Bonchev–Trinajstić information content (AvgIpc) is 2.85. The van der Waals surface area contributed by atoms with Gasteiger partial charge in [-0.15, -0.1) is 0 Å². The fourth-order valence-electron chi connectivity index (χ4n) is 4.16. The number of nitriles is 1. The molecule has 3 aromatic rings. The van der Waals surface area contributed by atoms with Crippen LogP contribution in [0.15, 0.2) is 72.8 Å². The van der Waals surface area contributed by atoms with Gasteiger partial charge in [0.2, 0.25) is 10.0 Å². The van der Waals surface area contributed by atoms with Crippen LogP contribution in [0.1, 0.15) is 45.8 Å². The molecule has 1 N–H and O–H groups in total. The number of nitrogens with zero attached hydrogens (tertiary/aromatic N) is 2. The highest BCUT2D eigenvalue weighted by molar-refractivity contribution is 7.91. The molecule has 0 spiro atoms. The minimum atomic E-state index is -3.86. The quantitative estimate of drug-likeness (QED) is 0.559. The van der Waals surface area contributed by atoms with Gasteiger partial charge in [-0.1, -0.05) is 42.5 Å². The Kier molecular flexibility index (Phi) is 6.94. The van der Waals surface area contributed by atoms with E-state index in [0.717, 1.165) is 24.5 Å². The molecule has 6 nitrogen and oxygen atoms in total. The van der Waals surface area contributed by atoms with Gasteiger partial charge < -0.3 is 4.90 Å². The Morgan fingerprint density at radius 1 is 1.03 bits per heavy atom. The van der Waals surface area contributed by atoms with Gasteiger partial charge in [-0.2, -0.15) is 5.26 Å². The van der Waals surface area contributed by atoms with E-state index in [0.29, 0.717) is 30.1 Å². The third kappa shape index (κ3) is 5.61. The van der Waals surface area contributed by atoms with E-state index in [9.17, 15) is 17.6 Å². The van der Waals surface area contributed by atoms with Gasteiger partial charge in [0.1, 0.15) is 5.82 Å². The Labute approximate surface area is 198 Å². The van der Waals surface area contributed by atoms with Crippen LogP contribution in [0, 0.1) is 17.1 Å². The first kappa shape index (κ1) is 23.5. The minimum absolute atomic E-state index is 0.232. The van der Waals surface area contributed by atoms with Gasteiger partial charge in [-0.05, 0) is 60.2 Å². The number of carbonyl (C=O) groups is 1. The van der Waals surface area contributed by atoms with Crippen LogP contribution in [0.4, 0.5) is 10.1 Å². The lowest BCUT2D eigenvalue weighted by atomic mass is 9.89. The molecule has 1 fully saturated rings. The van der Waals surface area contributed by atoms with Crippen molar-refractivity contribution in [1.82, 2.24) is 4.90 Å². The molecule has 4 rings (SSSR count). The van der Waals surface area contributed by atoms with Gasteiger partial charge in [0.15, 0.2) is 0 Å². The van der Waals surface area contributed by atoms with Gasteiger partial charge in [-0.25, -0.2) is 12.8 Å². The molecule has 1 heterocycles. The number of rotatable bonds is 6. The van der Waals surface area contributed by atoms with Crippen molar-refractivity contribution < 1.29 is 17.6 Å². The first-order valence-electron chi connectivity index (χ1n) is 11.0. The summed E-state index contributed by atoms with van der Waals surface area (Å²) in [6.45, 7) is 1.08. The summed E-state index contributed by atoms with van der Waals surface area (Å²) in [4.78, 5) is 14.7. The zero-order valence-corrected chi connectivity index (χ0v) is 19.3. The van der Waals surface area contributed by atoms with Crippen LogP contribution in [0.25, 0.3) is 0 Å². The Hall–Kier alpha value is -3.70. The molecule has 3 aromatic carbocycles. The molecule has 0 radical (unpaired) electrons. The third-order valence-electron chi connectivity index (χ3n) is 5.97. The van der Waals surface area contributed by atoms with Crippen LogP contribution in [-0.2, 0) is 15.8 Å². The molecule has 0 aliphatic carbocycles. The second kappa shape index (κ2) is 10.1. The lowest BCUT2D eigenvalue weighted by Crippen LogP contribution is -2.38. The van der Waals surface area contributed by atoms with E-state index in [2.05, 4.69) is 10.8 Å². The van der Waals surface area contributed by atoms with Crippen LogP contribution < -0.4 is 4.72 Å². The Morgan fingerprint density at radius 2 is 1.71 bits per heavy atom. The van der Waals surface area contributed by atoms with E-state index in [4.69, 9.17) is 5.26 Å². The molecule has 1 amide bonds. The molecule has 174 valence electrons. The predicted molar refractivity (Wildman–Crippen MR) is 128 cm³/mol. The highest BCUT2D eigenvalue weighted by Crippen LogP contribution is 2.29. The number of piperidine rings is 1. The van der Waals surface area contributed by atoms with Crippen LogP contribution in [0.3, 0.4) is 0 Å². The largest absolute Gasteiger partial charge is 0.339 e. The number of hydrogen-bond acceptors (Lipinski definition) is 4. The SMILES string of the molecule is N#Cc1ccc(C2CCN(C(=O)c3ccc(F)c(NS(=O)(=O)Cc4ccccc4)c3)CC2)cc1. The summed E-state index contributed by atoms with van der Waals surface area (Å²) in [7, 11) is -3.86. The summed E-state index contributed by atoms with van der Waals surface area (Å²) in [6, 6.07) is 22.0. The molecule has 1 aliphatic rings. The maximum Gasteiger partial charge on any atom is 0.253 e. The summed E-state index contributed by atoms with van der Waals surface area (Å²) < 4.78 is 41.7. The first-order valence-corrected chi connectivity index (χ1v) is 12.6. The number of likely N-dealkylation sites (tertiary alicyclic amines) is 1. The molecule has 1 aliphatic heterocycles. The zero-order chi connectivity index (χ0) is 24.1. The van der Waals surface area contributed by atoms with Crippen molar-refractivity contribution in [2.75, 3.05) is 17.8 Å². The molecular weight excluding hydrogens is 453 g/mol. The number of halogens is 1. The molecule has 1 saturated heterocycles. The van der Waals surface area contributed by atoms with Gasteiger partial charge in [0.25, 0.3) is 5.91 Å². The number of amides is 1. The lowest BCUT2D eigenvalue weighted by Gasteiger charge is -2.32. The molecule has 0 saturated carbocycles. The molecule has 0 bridgehead atoms. The molecule has 0 atom stereocenters. The smallest absolute Gasteiger partial charge is 0.253 e. The summed E-state index contributed by atoms with van der Waals surface area (Å²) in [5.74, 6) is -1.01. The molecule has 8 heteroatoms. The highest BCUT2D eigenvalue weighted by atomic mass is 32.2. The number of carbonyl (C=O) groups excluding carboxylic acids is 1. The number of benzene rings is 3. The topological polar surface area (TPSA) is 90.3 Å². The molecule has 0 aromatic heterocycles. The summed E-state index contributed by atoms with van der Waals surface area (Å²) in [5, 5.41) is 8.95. The predicted octanol–water partition coefficient (Wildman–Crippen LogP) is 4.66. The van der Waals surface area contributed by atoms with Crippen molar-refractivity contribution in [3.63, 3.8) is 0 Å². The Balaban J connectivity index is 1.42. The molecule has 34 heavy (non-hydrogen) atoms. The van der Waals surface area contributed by atoms with Crippen molar-refractivity contribution in [1.29, 1.82) is 5.26 Å². The first-order chi connectivity index (χ1) is 16.3. The van der Waals surface area contributed by atoms with Crippen molar-refractivity contribution in [2.45, 2.75) is 24.5 Å². The Bertz CT molecular complexity index is 1310. The summed E-state index contributed by atoms with van der Waals surface area (Å²) >= 11 is 0. The van der Waals surface area contributed by atoms with Crippen LogP contribution in [-0.4, -0.2) is 32.3 Å². The maximum atomic E-state index is 14.4. The van der Waals surface area contributed by atoms with Crippen molar-refractivity contribution >= 4 is 21.6 Å². The van der Waals surface area contributed by atoms with E-state index in [1.165, 1.54) is 12.1 Å². The summed E-state index contributed by atoms with van der Waals surface area (Å²) in [6.07, 6.45) is 1.55. The van der Waals surface area contributed by atoms with Gasteiger partial charge in [0, 0.05) is 18.7 Å². The second-order valence-corrected chi connectivity index (χ2v) is 10.1. The van der Waals surface area contributed by atoms with Gasteiger partial charge >= 0.3 is 0 Å². The van der Waals surface area contributed by atoms with Gasteiger partial charge in [-0.3, -0.25) is 9.52 Å². The molecule has 0 unspecified atom stereocenters. The fraction of sp³-hybridized carbons (Fsp3) is 0.231. The Morgan fingerprint density at radius 3 is 2.35 bits per heavy atom. The third-order valence-corrected chi connectivity index (χ3v) is 7.22. The normalized spacial score (nSPS) is 14.4. The number of nitrogens with one attached hydrogen (secondary N) is 1. The number of hydrogen-bond donors (Lipinski definition) is 1. The van der Waals surface area contributed by atoms with E-state index >= 15 is 0 Å².